The summed E-state index contributed by atoms with van der Waals surface area (Å²) in [6.45, 7) is 6.60. The molecule has 1 heterocycles. The fourth-order valence-corrected chi connectivity index (χ4v) is 4.68. The van der Waals surface area contributed by atoms with Gasteiger partial charge in [-0.1, -0.05) is 111 Å². The largest absolute Gasteiger partial charge is 0.482 e. The number of benzene rings is 4. The lowest BCUT2D eigenvalue weighted by Crippen LogP contribution is -2.14. The third-order valence-corrected chi connectivity index (χ3v) is 6.35. The Morgan fingerprint density at radius 1 is 0.825 bits per heavy atom. The number of carbonyl (C=O) groups excluding carboxylic acids is 1. The molecule has 5 heteroatoms. The molecular weight excluding hydrogens is 496 g/mol. The minimum atomic E-state index is -0.392. The number of hydrogen-bond donors (Lipinski definition) is 0. The van der Waals surface area contributed by atoms with Crippen LogP contribution in [-0.4, -0.2) is 28.7 Å². The first-order valence-electron chi connectivity index (χ1n) is 13.0. The lowest BCUT2D eigenvalue weighted by molar-refractivity contribution is -0.145. The molecule has 0 bridgehead atoms. The maximum atomic E-state index is 11.8. The van der Waals surface area contributed by atoms with E-state index >= 15 is 0 Å². The zero-order valence-electron chi connectivity index (χ0n) is 21.9. The number of aromatic nitrogens is 2. The highest BCUT2D eigenvalue weighted by molar-refractivity contribution is 5.87. The molecule has 4 aromatic carbocycles. The molecule has 0 aliphatic heterocycles. The molecule has 5 nitrogen and oxygen atoms in total. The highest BCUT2D eigenvalue weighted by Gasteiger charge is 2.22. The van der Waals surface area contributed by atoms with Crippen molar-refractivity contribution in [3.63, 3.8) is 0 Å². The molecule has 0 radical (unpaired) electrons. The van der Waals surface area contributed by atoms with E-state index in [0.29, 0.717) is 18.9 Å². The van der Waals surface area contributed by atoms with Gasteiger partial charge in [0, 0.05) is 23.2 Å². The van der Waals surface area contributed by atoms with Gasteiger partial charge in [-0.25, -0.2) is 9.78 Å². The van der Waals surface area contributed by atoms with Crippen molar-refractivity contribution >= 4 is 5.97 Å². The number of hydrogen-bond acceptors (Lipinski definition) is 4. The van der Waals surface area contributed by atoms with Crippen molar-refractivity contribution in [3.05, 3.63) is 122 Å². The van der Waals surface area contributed by atoms with Crippen LogP contribution in [0.15, 0.2) is 122 Å². The van der Waals surface area contributed by atoms with E-state index in [9.17, 15) is 4.79 Å². The van der Waals surface area contributed by atoms with Crippen LogP contribution in [0, 0.1) is 0 Å². The average Bonchev–Trinajstić information content (AvgIpc) is 3.36. The van der Waals surface area contributed by atoms with E-state index in [2.05, 4.69) is 47.5 Å². The summed E-state index contributed by atoms with van der Waals surface area (Å²) in [5.41, 5.74) is 7.05. The predicted molar refractivity (Wildman–Crippen MR) is 163 cm³/mol. The van der Waals surface area contributed by atoms with Crippen LogP contribution in [-0.2, 0) is 16.1 Å². The second-order valence-electron chi connectivity index (χ2n) is 8.93. The first-order valence-corrected chi connectivity index (χ1v) is 13.0. The zero-order chi connectivity index (χ0) is 27.0. The van der Waals surface area contributed by atoms with Gasteiger partial charge in [0.15, 0.2) is 6.61 Å². The van der Waals surface area contributed by atoms with Crippen molar-refractivity contribution < 1.29 is 14.3 Å². The monoisotopic (exact) mass is 530 g/mol. The average molecular weight is 531 g/mol. The molecule has 0 amide bonds. The molecule has 0 N–H and O–H groups in total. The van der Waals surface area contributed by atoms with Gasteiger partial charge in [0.25, 0.3) is 0 Å². The van der Waals surface area contributed by atoms with Crippen molar-refractivity contribution in [2.24, 2.45) is 0 Å². The molecule has 5 aromatic rings. The Morgan fingerprint density at radius 2 is 1.45 bits per heavy atom. The number of nitrogens with zero attached hydrogens (tertiary/aromatic N) is 2. The van der Waals surface area contributed by atoms with Gasteiger partial charge >= 0.3 is 5.97 Å². The van der Waals surface area contributed by atoms with Gasteiger partial charge < -0.3 is 14.0 Å². The summed E-state index contributed by atoms with van der Waals surface area (Å²) in [6.07, 6.45) is 1.90. The highest BCUT2D eigenvalue weighted by Crippen LogP contribution is 2.39. The second-order valence-corrected chi connectivity index (χ2v) is 8.93. The molecule has 5 rings (SSSR count). The molecule has 0 saturated heterocycles. The van der Waals surface area contributed by atoms with E-state index in [1.165, 1.54) is 0 Å². The number of allylic oxidation sites excluding steroid dienone is 1. The first-order chi connectivity index (χ1) is 19.2. The van der Waals surface area contributed by atoms with Gasteiger partial charge in [0.05, 0.1) is 18.0 Å². The Balaban J connectivity index is 0.00000370. The fourth-order valence-electron chi connectivity index (χ4n) is 4.68. The van der Waals surface area contributed by atoms with Crippen molar-refractivity contribution in [1.29, 1.82) is 0 Å². The number of imidazole rings is 1. The maximum Gasteiger partial charge on any atom is 0.344 e. The van der Waals surface area contributed by atoms with Crippen LogP contribution >= 0.6 is 0 Å². The normalized spacial score (nSPS) is 10.4. The Bertz CT molecular complexity index is 1570. The van der Waals surface area contributed by atoms with Crippen LogP contribution in [0.1, 0.15) is 14.4 Å². The molecule has 0 aliphatic rings. The standard InChI is InChI=1S/C34H30N2O3.CH4/c1-3-22-36-33(26-16-9-6-10-17-26)32(25-14-7-5-8-15-25)35-34(36)30-21-12-11-20-29(30)27-18-13-19-28(23-27)39-24-31(37)38-4-2;/h3,5-21,23H,1,4,22,24H2,2H3;1H4. The van der Waals surface area contributed by atoms with Crippen molar-refractivity contribution in [2.45, 2.75) is 20.9 Å². The molecule has 0 unspecified atom stereocenters. The number of ether oxygens (including phenoxy) is 2. The number of rotatable bonds is 10. The van der Waals surface area contributed by atoms with Crippen LogP contribution in [0.3, 0.4) is 0 Å². The Labute approximate surface area is 236 Å². The number of esters is 1. The molecule has 40 heavy (non-hydrogen) atoms. The summed E-state index contributed by atoms with van der Waals surface area (Å²) in [5.74, 6) is 1.05. The minimum Gasteiger partial charge on any atom is -0.482 e. The molecule has 202 valence electrons. The predicted octanol–water partition coefficient (Wildman–Crippen LogP) is 8.32. The maximum absolute atomic E-state index is 11.8. The molecular formula is C35H34N2O3. The Hall–Kier alpha value is -4.90. The third kappa shape index (κ3) is 6.05. The van der Waals surface area contributed by atoms with Gasteiger partial charge in [-0.15, -0.1) is 6.58 Å². The van der Waals surface area contributed by atoms with E-state index < -0.39 is 5.97 Å². The summed E-state index contributed by atoms with van der Waals surface area (Å²) in [7, 11) is 0. The summed E-state index contributed by atoms with van der Waals surface area (Å²) in [4.78, 5) is 17.1. The lowest BCUT2D eigenvalue weighted by Gasteiger charge is -2.14. The molecule has 0 atom stereocenters. The van der Waals surface area contributed by atoms with Crippen LogP contribution < -0.4 is 4.74 Å². The van der Waals surface area contributed by atoms with Crippen molar-refractivity contribution in [1.82, 2.24) is 9.55 Å². The van der Waals surface area contributed by atoms with Crippen LogP contribution in [0.25, 0.3) is 45.0 Å². The number of carbonyl (C=O) groups is 1. The molecule has 0 spiro atoms. The summed E-state index contributed by atoms with van der Waals surface area (Å²) >= 11 is 0. The lowest BCUT2D eigenvalue weighted by atomic mass is 9.99. The molecule has 0 saturated carbocycles. The van der Waals surface area contributed by atoms with Gasteiger partial charge in [0.1, 0.15) is 11.6 Å². The highest BCUT2D eigenvalue weighted by atomic mass is 16.6. The van der Waals surface area contributed by atoms with Crippen molar-refractivity contribution in [2.75, 3.05) is 13.2 Å². The van der Waals surface area contributed by atoms with E-state index in [-0.39, 0.29) is 14.0 Å². The zero-order valence-corrected chi connectivity index (χ0v) is 21.9. The van der Waals surface area contributed by atoms with E-state index in [0.717, 1.165) is 45.0 Å². The van der Waals surface area contributed by atoms with E-state index in [4.69, 9.17) is 14.5 Å². The van der Waals surface area contributed by atoms with Crippen LogP contribution in [0.2, 0.25) is 0 Å². The smallest absolute Gasteiger partial charge is 0.344 e. The molecule has 0 fully saturated rings. The van der Waals surface area contributed by atoms with Gasteiger partial charge in [-0.05, 0) is 30.2 Å². The second kappa shape index (κ2) is 13.3. The third-order valence-electron chi connectivity index (χ3n) is 6.35. The quantitative estimate of drug-likeness (QED) is 0.135. The van der Waals surface area contributed by atoms with E-state index in [1.54, 1.807) is 6.92 Å². The topological polar surface area (TPSA) is 53.4 Å². The van der Waals surface area contributed by atoms with Crippen LogP contribution in [0.5, 0.6) is 5.75 Å². The molecule has 1 aromatic heterocycles. The Morgan fingerprint density at radius 3 is 2.12 bits per heavy atom. The fraction of sp³-hybridized carbons (Fsp3) is 0.143. The summed E-state index contributed by atoms with van der Waals surface area (Å²) in [6, 6.07) is 36.6. The van der Waals surface area contributed by atoms with Gasteiger partial charge in [-0.3, -0.25) is 0 Å². The Kier molecular flexibility index (Phi) is 9.31. The minimum absolute atomic E-state index is 0. The van der Waals surface area contributed by atoms with Gasteiger partial charge in [0.2, 0.25) is 0 Å². The molecule has 0 aliphatic carbocycles. The summed E-state index contributed by atoms with van der Waals surface area (Å²) < 4.78 is 12.9. The van der Waals surface area contributed by atoms with Gasteiger partial charge in [-0.2, -0.15) is 0 Å². The van der Waals surface area contributed by atoms with Crippen LogP contribution in [0.4, 0.5) is 0 Å². The van der Waals surface area contributed by atoms with E-state index in [1.807, 2.05) is 78.9 Å². The van der Waals surface area contributed by atoms with Crippen molar-refractivity contribution in [3.8, 4) is 50.8 Å². The SMILES string of the molecule is C.C=CCn1c(-c2ccccc2-c2cccc(OCC(=O)OCC)c2)nc(-c2ccccc2)c1-c1ccccc1. The summed E-state index contributed by atoms with van der Waals surface area (Å²) in [5, 5.41) is 0. The first kappa shape index (κ1) is 28.1.